The van der Waals surface area contributed by atoms with Gasteiger partial charge in [-0.25, -0.2) is 4.39 Å². The number of rotatable bonds is 6. The van der Waals surface area contributed by atoms with E-state index in [2.05, 4.69) is 15.5 Å². The summed E-state index contributed by atoms with van der Waals surface area (Å²) in [5.41, 5.74) is 0.876. The highest BCUT2D eigenvalue weighted by molar-refractivity contribution is 5.85. The van der Waals surface area contributed by atoms with Gasteiger partial charge < -0.3 is 20.1 Å². The van der Waals surface area contributed by atoms with Crippen LogP contribution >= 0.6 is 24.8 Å². The number of carbonyl (C=O) groups is 1. The van der Waals surface area contributed by atoms with E-state index < -0.39 is 0 Å². The summed E-state index contributed by atoms with van der Waals surface area (Å²) in [6, 6.07) is 6.61. The van der Waals surface area contributed by atoms with Crippen molar-refractivity contribution in [1.29, 1.82) is 0 Å². The van der Waals surface area contributed by atoms with Gasteiger partial charge in [0.1, 0.15) is 5.82 Å². The fourth-order valence-electron chi connectivity index (χ4n) is 3.32. The molecule has 2 saturated heterocycles. The van der Waals surface area contributed by atoms with Gasteiger partial charge in [0.15, 0.2) is 0 Å². The molecule has 27 heavy (non-hydrogen) atoms. The standard InChI is InChI=1S/C18H26FN3O3.2ClH/c19-15-3-1-2-14(10-15)17(22-5-8-24-9-6-22)12-21-18(23)11-16-13-25-7-4-20-16;;/h1-3,10,16-17,20H,4-9,11-13H2,(H,21,23);2*1H. The number of benzene rings is 1. The molecule has 2 heterocycles. The van der Waals surface area contributed by atoms with E-state index in [0.717, 1.165) is 25.2 Å². The van der Waals surface area contributed by atoms with E-state index in [4.69, 9.17) is 9.47 Å². The van der Waals surface area contributed by atoms with Gasteiger partial charge in [-0.3, -0.25) is 9.69 Å². The van der Waals surface area contributed by atoms with Crippen LogP contribution in [0.25, 0.3) is 0 Å². The van der Waals surface area contributed by atoms with E-state index in [1.165, 1.54) is 6.07 Å². The number of nitrogens with zero attached hydrogens (tertiary/aromatic N) is 1. The molecular weight excluding hydrogens is 396 g/mol. The van der Waals surface area contributed by atoms with E-state index in [1.807, 2.05) is 6.07 Å². The lowest BCUT2D eigenvalue weighted by Gasteiger charge is -2.35. The van der Waals surface area contributed by atoms with Gasteiger partial charge in [0.25, 0.3) is 0 Å². The first-order valence-corrected chi connectivity index (χ1v) is 8.87. The molecule has 0 saturated carbocycles. The average molecular weight is 424 g/mol. The molecule has 1 amide bonds. The molecule has 0 aromatic heterocycles. The maximum atomic E-state index is 13.6. The quantitative estimate of drug-likeness (QED) is 0.726. The summed E-state index contributed by atoms with van der Waals surface area (Å²) < 4.78 is 24.4. The molecule has 0 bridgehead atoms. The third-order valence-electron chi connectivity index (χ3n) is 4.64. The molecule has 6 nitrogen and oxygen atoms in total. The molecule has 2 N–H and O–H groups in total. The lowest BCUT2D eigenvalue weighted by molar-refractivity contribution is -0.122. The first kappa shape index (κ1) is 24.1. The summed E-state index contributed by atoms with van der Waals surface area (Å²) in [6.45, 7) is 5.34. The van der Waals surface area contributed by atoms with E-state index in [1.54, 1.807) is 12.1 Å². The number of hydrogen-bond donors (Lipinski definition) is 2. The molecule has 0 aliphatic carbocycles. The number of ether oxygens (including phenoxy) is 2. The summed E-state index contributed by atoms with van der Waals surface area (Å²) in [5.74, 6) is -0.275. The van der Waals surface area contributed by atoms with Gasteiger partial charge in [-0.05, 0) is 17.7 Å². The van der Waals surface area contributed by atoms with E-state index >= 15 is 0 Å². The van der Waals surface area contributed by atoms with Gasteiger partial charge in [0.05, 0.1) is 32.5 Å². The Hall–Kier alpha value is -0.960. The van der Waals surface area contributed by atoms with Crippen LogP contribution in [-0.4, -0.2) is 69.5 Å². The van der Waals surface area contributed by atoms with Crippen LogP contribution in [0.4, 0.5) is 4.39 Å². The summed E-state index contributed by atoms with van der Waals surface area (Å²) in [5, 5.41) is 6.28. The Kier molecular flexibility index (Phi) is 11.1. The monoisotopic (exact) mass is 423 g/mol. The molecule has 154 valence electrons. The third-order valence-corrected chi connectivity index (χ3v) is 4.64. The predicted molar refractivity (Wildman–Crippen MR) is 106 cm³/mol. The number of hydrogen-bond acceptors (Lipinski definition) is 5. The van der Waals surface area contributed by atoms with Crippen molar-refractivity contribution in [3.05, 3.63) is 35.6 Å². The lowest BCUT2D eigenvalue weighted by Crippen LogP contribution is -2.46. The molecule has 3 rings (SSSR count). The van der Waals surface area contributed by atoms with Gasteiger partial charge in [-0.2, -0.15) is 0 Å². The Morgan fingerprint density at radius 2 is 2.04 bits per heavy atom. The van der Waals surface area contributed by atoms with E-state index in [9.17, 15) is 9.18 Å². The van der Waals surface area contributed by atoms with Crippen molar-refractivity contribution in [1.82, 2.24) is 15.5 Å². The summed E-state index contributed by atoms with van der Waals surface area (Å²) in [7, 11) is 0. The Morgan fingerprint density at radius 1 is 1.26 bits per heavy atom. The molecule has 9 heteroatoms. The molecule has 1 aromatic rings. The van der Waals surface area contributed by atoms with Crippen molar-refractivity contribution >= 4 is 30.7 Å². The number of carbonyl (C=O) groups excluding carboxylic acids is 1. The first-order valence-electron chi connectivity index (χ1n) is 8.87. The number of nitrogens with one attached hydrogen (secondary N) is 2. The second-order valence-electron chi connectivity index (χ2n) is 6.45. The number of morpholine rings is 2. The first-order chi connectivity index (χ1) is 12.2. The minimum atomic E-state index is -0.259. The zero-order valence-electron chi connectivity index (χ0n) is 15.2. The maximum Gasteiger partial charge on any atom is 0.221 e. The highest BCUT2D eigenvalue weighted by atomic mass is 35.5. The van der Waals surface area contributed by atoms with Crippen molar-refractivity contribution in [2.75, 3.05) is 52.6 Å². The van der Waals surface area contributed by atoms with Crippen LogP contribution < -0.4 is 10.6 Å². The van der Waals surface area contributed by atoms with Gasteiger partial charge in [0, 0.05) is 38.6 Å². The maximum absolute atomic E-state index is 13.6. The minimum absolute atomic E-state index is 0. The van der Waals surface area contributed by atoms with Crippen LogP contribution in [0.5, 0.6) is 0 Å². The molecule has 1 aromatic carbocycles. The largest absolute Gasteiger partial charge is 0.379 e. The van der Waals surface area contributed by atoms with Crippen molar-refractivity contribution in [3.8, 4) is 0 Å². The molecule has 2 aliphatic rings. The van der Waals surface area contributed by atoms with Crippen molar-refractivity contribution in [2.45, 2.75) is 18.5 Å². The van der Waals surface area contributed by atoms with Crippen LogP contribution in [0.3, 0.4) is 0 Å². The average Bonchev–Trinajstić information content (AvgIpc) is 2.64. The van der Waals surface area contributed by atoms with Gasteiger partial charge in [-0.1, -0.05) is 12.1 Å². The van der Waals surface area contributed by atoms with Gasteiger partial charge in [-0.15, -0.1) is 24.8 Å². The lowest BCUT2D eigenvalue weighted by atomic mass is 10.0. The Balaban J connectivity index is 0.00000182. The Labute approximate surface area is 172 Å². The smallest absolute Gasteiger partial charge is 0.221 e. The van der Waals surface area contributed by atoms with Crippen LogP contribution in [0, 0.1) is 5.82 Å². The summed E-state index contributed by atoms with van der Waals surface area (Å²) in [6.07, 6.45) is 0.388. The van der Waals surface area contributed by atoms with Crippen molar-refractivity contribution in [3.63, 3.8) is 0 Å². The molecule has 2 fully saturated rings. The number of amides is 1. The van der Waals surface area contributed by atoms with E-state index in [-0.39, 0.29) is 48.6 Å². The Morgan fingerprint density at radius 3 is 2.70 bits per heavy atom. The van der Waals surface area contributed by atoms with Crippen LogP contribution in [-0.2, 0) is 14.3 Å². The van der Waals surface area contributed by atoms with Crippen LogP contribution in [0.1, 0.15) is 18.0 Å². The summed E-state index contributed by atoms with van der Waals surface area (Å²) in [4.78, 5) is 14.5. The SMILES string of the molecule is Cl.Cl.O=C(CC1COCCN1)NCC(c1cccc(F)c1)N1CCOCC1. The fourth-order valence-corrected chi connectivity index (χ4v) is 3.32. The zero-order chi connectivity index (χ0) is 17.5. The second kappa shape index (κ2) is 12.5. The van der Waals surface area contributed by atoms with Gasteiger partial charge in [0.2, 0.25) is 5.91 Å². The van der Waals surface area contributed by atoms with Gasteiger partial charge >= 0.3 is 0 Å². The van der Waals surface area contributed by atoms with E-state index in [0.29, 0.717) is 39.4 Å². The highest BCUT2D eigenvalue weighted by Gasteiger charge is 2.24. The molecule has 2 unspecified atom stereocenters. The second-order valence-corrected chi connectivity index (χ2v) is 6.45. The molecule has 2 atom stereocenters. The molecule has 2 aliphatic heterocycles. The number of halogens is 3. The predicted octanol–water partition coefficient (Wildman–Crippen LogP) is 1.54. The van der Waals surface area contributed by atoms with Crippen LogP contribution in [0.15, 0.2) is 24.3 Å². The molecule has 0 spiro atoms. The third kappa shape index (κ3) is 7.52. The zero-order valence-corrected chi connectivity index (χ0v) is 16.8. The van der Waals surface area contributed by atoms with Crippen LogP contribution in [0.2, 0.25) is 0 Å². The van der Waals surface area contributed by atoms with Crippen molar-refractivity contribution in [2.24, 2.45) is 0 Å². The fraction of sp³-hybridized carbons (Fsp3) is 0.611. The molecule has 0 radical (unpaired) electrons. The highest BCUT2D eigenvalue weighted by Crippen LogP contribution is 2.22. The Bertz CT molecular complexity index is 571. The van der Waals surface area contributed by atoms with Crippen molar-refractivity contribution < 1.29 is 18.7 Å². The normalized spacial score (nSPS) is 21.4. The molecular formula is C18H28Cl2FN3O3. The topological polar surface area (TPSA) is 62.8 Å². The summed E-state index contributed by atoms with van der Waals surface area (Å²) >= 11 is 0. The minimum Gasteiger partial charge on any atom is -0.379 e.